The third kappa shape index (κ3) is 3.55. The third-order valence-corrected chi connectivity index (χ3v) is 4.49. The van der Waals surface area contributed by atoms with Gasteiger partial charge in [-0.05, 0) is 25.8 Å². The summed E-state index contributed by atoms with van der Waals surface area (Å²) in [6.07, 6.45) is 1.40. The molecule has 3 N–H and O–H groups in total. The number of hydrogen-bond donors (Lipinski definition) is 3. The zero-order chi connectivity index (χ0) is 16.6. The first-order valence-electron chi connectivity index (χ1n) is 7.28. The molecule has 3 atom stereocenters. The largest absolute Gasteiger partial charge is 0.418 e. The maximum atomic E-state index is 12.2. The van der Waals surface area contributed by atoms with Crippen LogP contribution in [0.15, 0.2) is 0 Å². The van der Waals surface area contributed by atoms with Gasteiger partial charge in [0, 0.05) is 13.1 Å². The van der Waals surface area contributed by atoms with Crippen LogP contribution < -0.4 is 10.8 Å². The number of amides is 3. The number of rotatable bonds is 5. The summed E-state index contributed by atoms with van der Waals surface area (Å²) in [4.78, 5) is 30.9. The van der Waals surface area contributed by atoms with Crippen LogP contribution >= 0.6 is 0 Å². The van der Waals surface area contributed by atoms with E-state index in [1.807, 2.05) is 0 Å². The normalized spacial score (nSPS) is 30.8. The Morgan fingerprint density at radius 2 is 2.13 bits per heavy atom. The van der Waals surface area contributed by atoms with Crippen LogP contribution in [0.4, 0.5) is 4.79 Å². The quantitative estimate of drug-likeness (QED) is 0.398. The van der Waals surface area contributed by atoms with Gasteiger partial charge in [-0.15, -0.1) is 4.28 Å². The second-order valence-electron chi connectivity index (χ2n) is 5.71. The van der Waals surface area contributed by atoms with E-state index in [1.54, 1.807) is 0 Å². The lowest BCUT2D eigenvalue weighted by atomic mass is 10.0. The Kier molecular flexibility index (Phi) is 4.42. The summed E-state index contributed by atoms with van der Waals surface area (Å²) < 4.78 is 34.6. The SMILES string of the molecule is O=C(NOC1CCNC1)[C@@H]1CC[C@@H]2CN1C(=O)N2OS(=O)(=O)O. The summed E-state index contributed by atoms with van der Waals surface area (Å²) in [6.45, 7) is 1.61. The maximum Gasteiger partial charge on any atom is 0.418 e. The monoisotopic (exact) mass is 350 g/mol. The Hall–Kier alpha value is -1.47. The van der Waals surface area contributed by atoms with E-state index in [9.17, 15) is 18.0 Å². The fraction of sp³-hybridized carbons (Fsp3) is 0.818. The minimum absolute atomic E-state index is 0.107. The molecule has 0 radical (unpaired) electrons. The van der Waals surface area contributed by atoms with E-state index in [2.05, 4.69) is 15.1 Å². The fourth-order valence-electron chi connectivity index (χ4n) is 3.04. The summed E-state index contributed by atoms with van der Waals surface area (Å²) in [5.74, 6) is -0.461. The molecular formula is C11H18N4O7S. The Morgan fingerprint density at radius 3 is 2.78 bits per heavy atom. The molecule has 0 saturated carbocycles. The number of piperidine rings is 1. The smallest absolute Gasteiger partial charge is 0.314 e. The Bertz CT molecular complexity index is 591. The van der Waals surface area contributed by atoms with E-state index in [-0.39, 0.29) is 12.6 Å². The summed E-state index contributed by atoms with van der Waals surface area (Å²) >= 11 is 0. The predicted molar refractivity (Wildman–Crippen MR) is 73.9 cm³/mol. The van der Waals surface area contributed by atoms with Crippen molar-refractivity contribution in [3.63, 3.8) is 0 Å². The highest BCUT2D eigenvalue weighted by atomic mass is 32.3. The molecule has 0 aliphatic carbocycles. The van der Waals surface area contributed by atoms with Gasteiger partial charge in [0.1, 0.15) is 6.04 Å². The van der Waals surface area contributed by atoms with Gasteiger partial charge in [0.15, 0.2) is 0 Å². The molecular weight excluding hydrogens is 332 g/mol. The zero-order valence-corrected chi connectivity index (χ0v) is 13.0. The van der Waals surface area contributed by atoms with E-state index in [0.29, 0.717) is 24.4 Å². The fourth-order valence-corrected chi connectivity index (χ4v) is 3.43. The van der Waals surface area contributed by atoms with Crippen molar-refractivity contribution in [3.8, 4) is 0 Å². The highest BCUT2D eigenvalue weighted by Crippen LogP contribution is 2.30. The molecule has 3 aliphatic heterocycles. The first-order chi connectivity index (χ1) is 10.8. The van der Waals surface area contributed by atoms with Gasteiger partial charge in [0.2, 0.25) is 0 Å². The number of fused-ring (bicyclic) bond motifs is 2. The summed E-state index contributed by atoms with van der Waals surface area (Å²) in [5, 5.41) is 3.69. The predicted octanol–water partition coefficient (Wildman–Crippen LogP) is -1.60. The molecule has 3 aliphatic rings. The first-order valence-corrected chi connectivity index (χ1v) is 8.65. The van der Waals surface area contributed by atoms with Crippen LogP contribution in [0.2, 0.25) is 0 Å². The zero-order valence-electron chi connectivity index (χ0n) is 12.2. The molecule has 0 aromatic carbocycles. The van der Waals surface area contributed by atoms with Gasteiger partial charge in [-0.3, -0.25) is 14.2 Å². The molecule has 12 heteroatoms. The van der Waals surface area contributed by atoms with Crippen molar-refractivity contribution in [1.82, 2.24) is 20.8 Å². The van der Waals surface area contributed by atoms with E-state index in [1.165, 1.54) is 4.90 Å². The molecule has 3 rings (SSSR count). The third-order valence-electron chi connectivity index (χ3n) is 4.14. The summed E-state index contributed by atoms with van der Waals surface area (Å²) in [5.41, 5.74) is 2.36. The lowest BCUT2D eigenvalue weighted by Gasteiger charge is -2.29. The van der Waals surface area contributed by atoms with E-state index >= 15 is 0 Å². The lowest BCUT2D eigenvalue weighted by molar-refractivity contribution is -0.142. The number of nitrogens with zero attached hydrogens (tertiary/aromatic N) is 2. The molecule has 0 aromatic heterocycles. The number of carbonyl (C=O) groups is 2. The Labute approximate surface area is 132 Å². The molecule has 3 saturated heterocycles. The average molecular weight is 350 g/mol. The molecule has 23 heavy (non-hydrogen) atoms. The van der Waals surface area contributed by atoms with Crippen molar-refractivity contribution in [2.75, 3.05) is 19.6 Å². The molecule has 2 bridgehead atoms. The van der Waals surface area contributed by atoms with Gasteiger partial charge < -0.3 is 10.2 Å². The van der Waals surface area contributed by atoms with Gasteiger partial charge in [0.25, 0.3) is 5.91 Å². The van der Waals surface area contributed by atoms with Crippen molar-refractivity contribution >= 4 is 22.3 Å². The number of hydroxylamine groups is 3. The summed E-state index contributed by atoms with van der Waals surface area (Å²) in [7, 11) is -4.79. The van der Waals surface area contributed by atoms with E-state index < -0.39 is 34.4 Å². The maximum absolute atomic E-state index is 12.2. The van der Waals surface area contributed by atoms with E-state index in [0.717, 1.165) is 13.0 Å². The van der Waals surface area contributed by atoms with Gasteiger partial charge in [-0.25, -0.2) is 10.3 Å². The van der Waals surface area contributed by atoms with Crippen LogP contribution in [0.25, 0.3) is 0 Å². The first kappa shape index (κ1) is 16.4. The van der Waals surface area contributed by atoms with Crippen LogP contribution in [-0.4, -0.2) is 72.7 Å². The minimum atomic E-state index is -4.79. The number of carbonyl (C=O) groups excluding carboxylic acids is 2. The highest BCUT2D eigenvalue weighted by Gasteiger charge is 2.49. The Morgan fingerprint density at radius 1 is 1.35 bits per heavy atom. The lowest BCUT2D eigenvalue weighted by Crippen LogP contribution is -2.50. The highest BCUT2D eigenvalue weighted by molar-refractivity contribution is 7.80. The number of nitrogens with one attached hydrogen (secondary N) is 2. The number of urea groups is 1. The molecule has 0 aromatic rings. The van der Waals surface area contributed by atoms with Crippen molar-refractivity contribution in [2.24, 2.45) is 0 Å². The van der Waals surface area contributed by atoms with Crippen LogP contribution in [0, 0.1) is 0 Å². The molecule has 11 nitrogen and oxygen atoms in total. The van der Waals surface area contributed by atoms with Crippen molar-refractivity contribution in [3.05, 3.63) is 0 Å². The van der Waals surface area contributed by atoms with Gasteiger partial charge in [0.05, 0.1) is 12.1 Å². The van der Waals surface area contributed by atoms with Crippen LogP contribution in [0.3, 0.4) is 0 Å². The van der Waals surface area contributed by atoms with Gasteiger partial charge >= 0.3 is 16.4 Å². The second-order valence-corrected chi connectivity index (χ2v) is 6.71. The van der Waals surface area contributed by atoms with Crippen LogP contribution in [-0.2, 0) is 24.3 Å². The Balaban J connectivity index is 1.60. The van der Waals surface area contributed by atoms with E-state index in [4.69, 9.17) is 9.39 Å². The summed E-state index contributed by atoms with van der Waals surface area (Å²) in [6, 6.07) is -2.05. The van der Waals surface area contributed by atoms with Crippen molar-refractivity contribution < 1.29 is 31.7 Å². The van der Waals surface area contributed by atoms with Gasteiger partial charge in [-0.2, -0.15) is 13.5 Å². The molecule has 3 amide bonds. The molecule has 3 heterocycles. The molecule has 0 spiro atoms. The topological polar surface area (TPSA) is 138 Å². The van der Waals surface area contributed by atoms with Crippen molar-refractivity contribution in [2.45, 2.75) is 37.5 Å². The molecule has 1 unspecified atom stereocenters. The second kappa shape index (κ2) is 6.20. The molecule has 3 fully saturated rings. The van der Waals surface area contributed by atoms with Crippen LogP contribution in [0.5, 0.6) is 0 Å². The average Bonchev–Trinajstić information content (AvgIpc) is 3.08. The number of hydrogen-bond acceptors (Lipinski definition) is 7. The standard InChI is InChI=1S/C11H18N4O7S/c16-10(13-21-8-3-4-12-5-8)9-2-1-7-6-14(9)11(17)15(7)22-23(18,19)20/h7-9,12H,1-6H2,(H,13,16)(H,18,19,20)/t7-,8?,9+/m1/s1. The minimum Gasteiger partial charge on any atom is -0.314 e. The van der Waals surface area contributed by atoms with Gasteiger partial charge in [-0.1, -0.05) is 0 Å². The molecule has 130 valence electrons. The van der Waals surface area contributed by atoms with Crippen molar-refractivity contribution in [1.29, 1.82) is 0 Å². The van der Waals surface area contributed by atoms with Crippen LogP contribution in [0.1, 0.15) is 19.3 Å².